The fourth-order valence-corrected chi connectivity index (χ4v) is 2.34. The maximum absolute atomic E-state index is 12.3. The first-order chi connectivity index (χ1) is 11.1. The number of amides is 2. The van der Waals surface area contributed by atoms with E-state index in [0.29, 0.717) is 10.6 Å². The molecule has 0 aliphatic carbocycles. The fourth-order valence-electron chi connectivity index (χ4n) is 2.34. The molecular formula is C17H10N2O4. The van der Waals surface area contributed by atoms with Gasteiger partial charge in [0, 0.05) is 0 Å². The number of nitrogens with zero attached hydrogens (tertiary/aromatic N) is 2. The molecule has 3 rings (SSSR count). The maximum Gasteiger partial charge on any atom is 0.364 e. The number of carbonyl (C=O) groups excluding carboxylic acids is 3. The Morgan fingerprint density at radius 3 is 2.17 bits per heavy atom. The molecule has 0 radical (unpaired) electrons. The number of hydrogen-bond donors (Lipinski definition) is 0. The van der Waals surface area contributed by atoms with Crippen molar-refractivity contribution in [2.24, 2.45) is 0 Å². The number of rotatable bonds is 3. The summed E-state index contributed by atoms with van der Waals surface area (Å²) in [5.74, 6) is -2.22. The van der Waals surface area contributed by atoms with Crippen LogP contribution in [0.3, 0.4) is 0 Å². The first-order valence-electron chi connectivity index (χ1n) is 6.78. The Kier molecular flexibility index (Phi) is 3.61. The Morgan fingerprint density at radius 1 is 1.00 bits per heavy atom. The molecule has 0 aromatic heterocycles. The van der Waals surface area contributed by atoms with Gasteiger partial charge in [0.05, 0.1) is 29.2 Å². The molecule has 0 saturated heterocycles. The Morgan fingerprint density at radius 2 is 1.57 bits per heavy atom. The van der Waals surface area contributed by atoms with Gasteiger partial charge in [-0.05, 0) is 23.8 Å². The van der Waals surface area contributed by atoms with Crippen LogP contribution in [-0.2, 0) is 11.3 Å². The first-order valence-corrected chi connectivity index (χ1v) is 6.78. The van der Waals surface area contributed by atoms with Crippen molar-refractivity contribution in [2.75, 3.05) is 0 Å². The van der Waals surface area contributed by atoms with E-state index in [-0.39, 0.29) is 23.1 Å². The SMILES string of the molecule is N#CCc1ccccc1C(=O)ON1C(=O)c2ccccc2C1=O. The van der Waals surface area contributed by atoms with E-state index in [4.69, 9.17) is 10.1 Å². The summed E-state index contributed by atoms with van der Waals surface area (Å²) >= 11 is 0. The summed E-state index contributed by atoms with van der Waals surface area (Å²) in [5.41, 5.74) is 0.994. The molecule has 0 fully saturated rings. The van der Waals surface area contributed by atoms with E-state index in [0.717, 1.165) is 0 Å². The molecule has 0 spiro atoms. The van der Waals surface area contributed by atoms with Gasteiger partial charge in [-0.2, -0.15) is 5.26 Å². The number of hydrogen-bond acceptors (Lipinski definition) is 5. The fraction of sp³-hybridized carbons (Fsp3) is 0.0588. The van der Waals surface area contributed by atoms with Crippen LogP contribution in [-0.4, -0.2) is 22.8 Å². The summed E-state index contributed by atoms with van der Waals surface area (Å²) in [5, 5.41) is 9.25. The van der Waals surface area contributed by atoms with Gasteiger partial charge >= 0.3 is 5.97 Å². The normalized spacial score (nSPS) is 12.7. The molecule has 0 saturated carbocycles. The molecule has 0 atom stereocenters. The first kappa shape index (κ1) is 14.5. The molecule has 2 aromatic carbocycles. The molecule has 1 heterocycles. The lowest BCUT2D eigenvalue weighted by molar-refractivity contribution is -0.0585. The van der Waals surface area contributed by atoms with E-state index in [1.807, 2.05) is 6.07 Å². The quantitative estimate of drug-likeness (QED) is 0.810. The molecule has 6 nitrogen and oxygen atoms in total. The largest absolute Gasteiger partial charge is 0.364 e. The van der Waals surface area contributed by atoms with Gasteiger partial charge in [-0.3, -0.25) is 9.59 Å². The second-order valence-electron chi connectivity index (χ2n) is 4.82. The average molecular weight is 306 g/mol. The van der Waals surface area contributed by atoms with Crippen LogP contribution in [0.15, 0.2) is 48.5 Å². The van der Waals surface area contributed by atoms with Crippen LogP contribution < -0.4 is 0 Å². The molecule has 112 valence electrons. The standard InChI is InChI=1S/C17H10N2O4/c18-10-9-11-5-1-2-6-12(11)17(22)23-19-15(20)13-7-3-4-8-14(13)16(19)21/h1-8H,9H2. The van der Waals surface area contributed by atoms with Crippen molar-refractivity contribution in [2.45, 2.75) is 6.42 Å². The number of nitriles is 1. The van der Waals surface area contributed by atoms with Gasteiger partial charge in [0.15, 0.2) is 0 Å². The zero-order valence-corrected chi connectivity index (χ0v) is 11.9. The average Bonchev–Trinajstić information content (AvgIpc) is 2.81. The Bertz CT molecular complexity index is 832. The summed E-state index contributed by atoms with van der Waals surface area (Å²) in [7, 11) is 0. The van der Waals surface area contributed by atoms with Crippen molar-refractivity contribution >= 4 is 17.8 Å². The zero-order chi connectivity index (χ0) is 16.4. The molecule has 1 aliphatic heterocycles. The molecule has 2 aromatic rings. The molecule has 1 aliphatic rings. The van der Waals surface area contributed by atoms with E-state index in [1.165, 1.54) is 18.2 Å². The van der Waals surface area contributed by atoms with Gasteiger partial charge in [0.1, 0.15) is 0 Å². The van der Waals surface area contributed by atoms with Gasteiger partial charge in [0.2, 0.25) is 0 Å². The highest BCUT2D eigenvalue weighted by molar-refractivity contribution is 6.21. The minimum Gasteiger partial charge on any atom is -0.324 e. The second kappa shape index (κ2) is 5.73. The van der Waals surface area contributed by atoms with Crippen LogP contribution in [0.2, 0.25) is 0 Å². The third kappa shape index (κ3) is 2.45. The predicted molar refractivity (Wildman–Crippen MR) is 78.1 cm³/mol. The van der Waals surface area contributed by atoms with Crippen molar-refractivity contribution in [1.82, 2.24) is 5.06 Å². The number of fused-ring (bicyclic) bond motifs is 1. The molecule has 0 bridgehead atoms. The van der Waals surface area contributed by atoms with Crippen molar-refractivity contribution in [3.05, 3.63) is 70.8 Å². The third-order valence-electron chi connectivity index (χ3n) is 3.44. The molecule has 6 heteroatoms. The summed E-state index contributed by atoms with van der Waals surface area (Å²) < 4.78 is 0. The van der Waals surface area contributed by atoms with Crippen molar-refractivity contribution in [3.8, 4) is 6.07 Å². The molecule has 0 N–H and O–H groups in total. The Labute approximate surface area is 131 Å². The zero-order valence-electron chi connectivity index (χ0n) is 11.9. The maximum atomic E-state index is 12.3. The van der Waals surface area contributed by atoms with E-state index in [9.17, 15) is 14.4 Å². The highest BCUT2D eigenvalue weighted by Gasteiger charge is 2.38. The number of hydroxylamine groups is 2. The van der Waals surface area contributed by atoms with E-state index < -0.39 is 17.8 Å². The Hall–Kier alpha value is -3.46. The summed E-state index contributed by atoms with van der Waals surface area (Å²) in [6.45, 7) is 0. The van der Waals surface area contributed by atoms with Gasteiger partial charge in [-0.25, -0.2) is 4.79 Å². The molecule has 0 unspecified atom stereocenters. The third-order valence-corrected chi connectivity index (χ3v) is 3.44. The lowest BCUT2D eigenvalue weighted by atomic mass is 10.1. The monoisotopic (exact) mass is 306 g/mol. The molecular weight excluding hydrogens is 296 g/mol. The summed E-state index contributed by atoms with van der Waals surface area (Å²) in [6, 6.07) is 14.6. The van der Waals surface area contributed by atoms with Crippen LogP contribution in [0.1, 0.15) is 36.6 Å². The van der Waals surface area contributed by atoms with E-state index >= 15 is 0 Å². The van der Waals surface area contributed by atoms with Crippen molar-refractivity contribution < 1.29 is 19.2 Å². The second-order valence-corrected chi connectivity index (χ2v) is 4.82. The minimum absolute atomic E-state index is 0.0212. The lowest BCUT2D eigenvalue weighted by Gasteiger charge is -2.13. The summed E-state index contributed by atoms with van der Waals surface area (Å²) in [6.07, 6.45) is 0.0212. The van der Waals surface area contributed by atoms with Gasteiger partial charge in [-0.1, -0.05) is 35.4 Å². The number of imide groups is 1. The smallest absolute Gasteiger partial charge is 0.324 e. The minimum atomic E-state index is -0.856. The lowest BCUT2D eigenvalue weighted by Crippen LogP contribution is -2.33. The van der Waals surface area contributed by atoms with Crippen molar-refractivity contribution in [1.29, 1.82) is 5.26 Å². The van der Waals surface area contributed by atoms with Crippen molar-refractivity contribution in [3.63, 3.8) is 0 Å². The van der Waals surface area contributed by atoms with Gasteiger partial charge < -0.3 is 4.84 Å². The Balaban J connectivity index is 1.87. The number of benzene rings is 2. The van der Waals surface area contributed by atoms with Crippen LogP contribution in [0.25, 0.3) is 0 Å². The van der Waals surface area contributed by atoms with Gasteiger partial charge in [0.25, 0.3) is 11.8 Å². The van der Waals surface area contributed by atoms with Crippen LogP contribution >= 0.6 is 0 Å². The predicted octanol–water partition coefficient (Wildman–Crippen LogP) is 2.12. The van der Waals surface area contributed by atoms with E-state index in [1.54, 1.807) is 30.3 Å². The van der Waals surface area contributed by atoms with E-state index in [2.05, 4.69) is 0 Å². The summed E-state index contributed by atoms with van der Waals surface area (Å²) in [4.78, 5) is 41.6. The van der Waals surface area contributed by atoms with Crippen LogP contribution in [0.5, 0.6) is 0 Å². The molecule has 2 amide bonds. The number of carbonyl (C=O) groups is 3. The highest BCUT2D eigenvalue weighted by Crippen LogP contribution is 2.23. The molecule has 23 heavy (non-hydrogen) atoms. The topological polar surface area (TPSA) is 87.5 Å². The highest BCUT2D eigenvalue weighted by atomic mass is 16.7. The van der Waals surface area contributed by atoms with Crippen LogP contribution in [0.4, 0.5) is 0 Å². The van der Waals surface area contributed by atoms with Crippen LogP contribution in [0, 0.1) is 11.3 Å². The van der Waals surface area contributed by atoms with Gasteiger partial charge in [-0.15, -0.1) is 0 Å².